The summed E-state index contributed by atoms with van der Waals surface area (Å²) in [5.41, 5.74) is 4.58. The first-order valence-electron chi connectivity index (χ1n) is 11.1. The first-order valence-corrected chi connectivity index (χ1v) is 12.0. The summed E-state index contributed by atoms with van der Waals surface area (Å²) in [4.78, 5) is 17.8. The number of esters is 1. The van der Waals surface area contributed by atoms with E-state index < -0.39 is 17.7 Å². The Morgan fingerprint density at radius 1 is 1.26 bits per heavy atom. The summed E-state index contributed by atoms with van der Waals surface area (Å²) in [5.74, 6) is 0.553. The highest BCUT2D eigenvalue weighted by Crippen LogP contribution is 2.47. The number of hydrogen-bond donors (Lipinski definition) is 1. The zero-order valence-corrected chi connectivity index (χ0v) is 21.4. The van der Waals surface area contributed by atoms with Crippen LogP contribution in [-0.4, -0.2) is 36.8 Å². The number of anilines is 1. The van der Waals surface area contributed by atoms with E-state index in [-0.39, 0.29) is 0 Å². The number of aromatic nitrogens is 1. The maximum absolute atomic E-state index is 13.0. The standard InChI is InChI=1S/C26H28Cl2N2O4/c1-14-20(24(25(31)32-5)34-26(2,3)4)21(16-7-6-15(13-27)12-18(16)30-14)17-8-9-19-23(22(17)28)29-10-11-33-19/h6-9,12,24,29H,10-11,13H2,1-5H3/t24-/m0/s1. The molecule has 4 rings (SSSR count). The van der Waals surface area contributed by atoms with Crippen molar-refractivity contribution in [3.8, 4) is 16.9 Å². The molecule has 34 heavy (non-hydrogen) atoms. The van der Waals surface area contributed by atoms with Gasteiger partial charge in [0.25, 0.3) is 0 Å². The van der Waals surface area contributed by atoms with Crippen molar-refractivity contribution in [2.45, 2.75) is 45.3 Å². The van der Waals surface area contributed by atoms with Crippen LogP contribution in [0.2, 0.25) is 5.02 Å². The SMILES string of the molecule is COC(=O)[C@@H](OC(C)(C)C)c1c(C)nc2cc(CCl)ccc2c1-c1ccc2c(c1Cl)NCCO2. The molecule has 0 unspecified atom stereocenters. The molecule has 2 aromatic carbocycles. The van der Waals surface area contributed by atoms with Gasteiger partial charge in [-0.25, -0.2) is 4.79 Å². The summed E-state index contributed by atoms with van der Waals surface area (Å²) >= 11 is 13.0. The van der Waals surface area contributed by atoms with Gasteiger partial charge in [0.15, 0.2) is 6.10 Å². The van der Waals surface area contributed by atoms with Crippen molar-refractivity contribution in [3.05, 3.63) is 52.2 Å². The lowest BCUT2D eigenvalue weighted by Crippen LogP contribution is -2.29. The number of alkyl halides is 1. The normalized spacial score (nSPS) is 14.2. The van der Waals surface area contributed by atoms with Crippen LogP contribution in [0.25, 0.3) is 22.0 Å². The highest BCUT2D eigenvalue weighted by molar-refractivity contribution is 6.37. The van der Waals surface area contributed by atoms with Crippen molar-refractivity contribution in [2.75, 3.05) is 25.6 Å². The number of pyridine rings is 1. The number of carbonyl (C=O) groups is 1. The third-order valence-corrected chi connectivity index (χ3v) is 6.32. The van der Waals surface area contributed by atoms with Gasteiger partial charge in [-0.05, 0) is 51.5 Å². The molecule has 0 saturated carbocycles. The summed E-state index contributed by atoms with van der Waals surface area (Å²) in [6.07, 6.45) is -0.999. The Labute approximate surface area is 209 Å². The Bertz CT molecular complexity index is 1250. The molecule has 1 atom stereocenters. The van der Waals surface area contributed by atoms with Crippen LogP contribution < -0.4 is 10.1 Å². The highest BCUT2D eigenvalue weighted by Gasteiger charge is 2.34. The van der Waals surface area contributed by atoms with Gasteiger partial charge in [-0.2, -0.15) is 0 Å². The molecule has 1 N–H and O–H groups in total. The summed E-state index contributed by atoms with van der Waals surface area (Å²) in [6.45, 7) is 8.76. The van der Waals surface area contributed by atoms with Gasteiger partial charge in [-0.3, -0.25) is 4.98 Å². The molecule has 1 aliphatic rings. The molecule has 6 nitrogen and oxygen atoms in total. The molecule has 2 heterocycles. The van der Waals surface area contributed by atoms with Crippen molar-refractivity contribution < 1.29 is 19.0 Å². The number of nitrogens with one attached hydrogen (secondary N) is 1. The fourth-order valence-corrected chi connectivity index (χ4v) is 4.68. The molecule has 0 spiro atoms. The quantitative estimate of drug-likeness (QED) is 0.319. The second-order valence-electron chi connectivity index (χ2n) is 9.18. The van der Waals surface area contributed by atoms with Crippen molar-refractivity contribution in [1.82, 2.24) is 4.98 Å². The number of hydrogen-bond acceptors (Lipinski definition) is 6. The zero-order chi connectivity index (χ0) is 24.6. The number of fused-ring (bicyclic) bond motifs is 2. The highest BCUT2D eigenvalue weighted by atomic mass is 35.5. The van der Waals surface area contributed by atoms with Crippen molar-refractivity contribution in [2.24, 2.45) is 0 Å². The molecular weight excluding hydrogens is 475 g/mol. The van der Waals surface area contributed by atoms with Gasteiger partial charge in [0.1, 0.15) is 12.4 Å². The number of carbonyl (C=O) groups excluding carboxylic acids is 1. The summed E-state index contributed by atoms with van der Waals surface area (Å²) in [6, 6.07) is 9.66. The number of methoxy groups -OCH3 is 1. The van der Waals surface area contributed by atoms with E-state index in [9.17, 15) is 4.79 Å². The minimum Gasteiger partial charge on any atom is -0.490 e. The first kappa shape index (κ1) is 24.6. The van der Waals surface area contributed by atoms with Crippen LogP contribution in [0.5, 0.6) is 5.75 Å². The Morgan fingerprint density at radius 3 is 2.71 bits per heavy atom. The molecular formula is C26H28Cl2N2O4. The van der Waals surface area contributed by atoms with Crippen molar-refractivity contribution in [3.63, 3.8) is 0 Å². The molecule has 0 bridgehead atoms. The van der Waals surface area contributed by atoms with Crippen LogP contribution in [0.4, 0.5) is 5.69 Å². The van der Waals surface area contributed by atoms with Crippen LogP contribution in [0.15, 0.2) is 30.3 Å². The molecule has 180 valence electrons. The van der Waals surface area contributed by atoms with E-state index in [2.05, 4.69) is 5.32 Å². The number of halogens is 2. The van der Waals surface area contributed by atoms with E-state index in [1.54, 1.807) is 0 Å². The Morgan fingerprint density at radius 2 is 2.03 bits per heavy atom. The van der Waals surface area contributed by atoms with Crippen LogP contribution in [0, 0.1) is 6.92 Å². The summed E-state index contributed by atoms with van der Waals surface area (Å²) < 4.78 is 17.2. The summed E-state index contributed by atoms with van der Waals surface area (Å²) in [7, 11) is 1.35. The van der Waals surface area contributed by atoms with E-state index in [1.165, 1.54) is 7.11 Å². The van der Waals surface area contributed by atoms with Crippen LogP contribution >= 0.6 is 23.2 Å². The van der Waals surface area contributed by atoms with Crippen LogP contribution in [0.1, 0.15) is 43.7 Å². The number of nitrogens with zero attached hydrogens (tertiary/aromatic N) is 1. The Kier molecular flexibility index (Phi) is 6.94. The van der Waals surface area contributed by atoms with E-state index in [4.69, 9.17) is 42.4 Å². The first-order chi connectivity index (χ1) is 16.1. The molecule has 8 heteroatoms. The number of ether oxygens (including phenoxy) is 3. The van der Waals surface area contributed by atoms with Gasteiger partial charge in [0.05, 0.1) is 28.9 Å². The minimum absolute atomic E-state index is 0.368. The van der Waals surface area contributed by atoms with Gasteiger partial charge >= 0.3 is 5.97 Å². The monoisotopic (exact) mass is 502 g/mol. The molecule has 1 aliphatic heterocycles. The molecule has 0 amide bonds. The molecule has 0 fully saturated rings. The van der Waals surface area contributed by atoms with Crippen molar-refractivity contribution in [1.29, 1.82) is 0 Å². The second kappa shape index (κ2) is 9.61. The molecule has 0 saturated heterocycles. The molecule has 0 aliphatic carbocycles. The van der Waals surface area contributed by atoms with Gasteiger partial charge in [0, 0.05) is 40.2 Å². The maximum Gasteiger partial charge on any atom is 0.339 e. The van der Waals surface area contributed by atoms with Gasteiger partial charge in [-0.15, -0.1) is 11.6 Å². The largest absolute Gasteiger partial charge is 0.490 e. The number of benzene rings is 2. The smallest absolute Gasteiger partial charge is 0.339 e. The summed E-state index contributed by atoms with van der Waals surface area (Å²) in [5, 5.41) is 4.67. The topological polar surface area (TPSA) is 69.7 Å². The predicted octanol–water partition coefficient (Wildman–Crippen LogP) is 6.44. The predicted molar refractivity (Wildman–Crippen MR) is 136 cm³/mol. The number of rotatable bonds is 5. The molecule has 1 aromatic heterocycles. The third kappa shape index (κ3) is 4.67. The molecule has 3 aromatic rings. The van der Waals surface area contributed by atoms with E-state index in [1.807, 2.05) is 58.0 Å². The maximum atomic E-state index is 13.0. The van der Waals surface area contributed by atoms with E-state index in [0.717, 1.165) is 33.3 Å². The average Bonchev–Trinajstić information content (AvgIpc) is 2.81. The number of aryl methyl sites for hydroxylation is 1. The average molecular weight is 503 g/mol. The van der Waals surface area contributed by atoms with Gasteiger partial charge in [-0.1, -0.05) is 23.7 Å². The lowest BCUT2D eigenvalue weighted by molar-refractivity contribution is -0.164. The minimum atomic E-state index is -0.999. The second-order valence-corrected chi connectivity index (χ2v) is 9.83. The van der Waals surface area contributed by atoms with Crippen molar-refractivity contribution >= 4 is 45.8 Å². The Hall–Kier alpha value is -2.54. The lowest BCUT2D eigenvalue weighted by Gasteiger charge is -2.29. The van der Waals surface area contributed by atoms with Crippen LogP contribution in [-0.2, 0) is 20.1 Å². The third-order valence-electron chi connectivity index (χ3n) is 5.62. The Balaban J connectivity index is 2.08. The van der Waals surface area contributed by atoms with Gasteiger partial charge < -0.3 is 19.5 Å². The molecule has 0 radical (unpaired) electrons. The van der Waals surface area contributed by atoms with E-state index >= 15 is 0 Å². The lowest BCUT2D eigenvalue weighted by atomic mass is 9.90. The zero-order valence-electron chi connectivity index (χ0n) is 19.9. The fraction of sp³-hybridized carbons (Fsp3) is 0.385. The van der Waals surface area contributed by atoms with Crippen LogP contribution in [0.3, 0.4) is 0 Å². The van der Waals surface area contributed by atoms with Gasteiger partial charge in [0.2, 0.25) is 0 Å². The fourth-order valence-electron chi connectivity index (χ4n) is 4.20. The van der Waals surface area contributed by atoms with E-state index in [0.29, 0.717) is 41.1 Å².